The summed E-state index contributed by atoms with van der Waals surface area (Å²) in [7, 11) is 1.47. The summed E-state index contributed by atoms with van der Waals surface area (Å²) in [6, 6.07) is 17.3. The minimum atomic E-state index is -0.504. The third-order valence-corrected chi connectivity index (χ3v) is 5.43. The number of benzene rings is 2. The maximum absolute atomic E-state index is 11.8. The van der Waals surface area contributed by atoms with Gasteiger partial charge in [-0.1, -0.05) is 65.8 Å². The number of nitrogens with zero attached hydrogens (tertiary/aromatic N) is 2. The van der Waals surface area contributed by atoms with Crippen molar-refractivity contribution in [2.75, 3.05) is 12.8 Å². The molecule has 0 spiro atoms. The molecule has 3 rings (SSSR count). The van der Waals surface area contributed by atoms with Gasteiger partial charge in [0.2, 0.25) is 5.91 Å². The molecular formula is C21H21ClN4O2S. The van der Waals surface area contributed by atoms with Crippen LogP contribution in [0.5, 0.6) is 0 Å². The summed E-state index contributed by atoms with van der Waals surface area (Å²) in [5, 5.41) is 6.12. The Hall–Kier alpha value is -2.77. The van der Waals surface area contributed by atoms with Gasteiger partial charge in [-0.2, -0.15) is 0 Å². The molecule has 1 heterocycles. The Labute approximate surface area is 178 Å². The van der Waals surface area contributed by atoms with Crippen molar-refractivity contribution >= 4 is 35.3 Å². The average molecular weight is 429 g/mol. The molecule has 0 fully saturated rings. The quantitative estimate of drug-likeness (QED) is 0.553. The number of imide groups is 1. The van der Waals surface area contributed by atoms with E-state index in [2.05, 4.69) is 32.3 Å². The number of hydrogen-bond acceptors (Lipinski definition) is 4. The zero-order valence-corrected chi connectivity index (χ0v) is 17.5. The van der Waals surface area contributed by atoms with E-state index in [1.54, 1.807) is 0 Å². The van der Waals surface area contributed by atoms with Gasteiger partial charge in [0.25, 0.3) is 0 Å². The zero-order valence-electron chi connectivity index (χ0n) is 15.9. The van der Waals surface area contributed by atoms with Gasteiger partial charge in [0.05, 0.1) is 18.4 Å². The number of thioether (sulfide) groups is 1. The maximum Gasteiger partial charge on any atom is 0.321 e. The molecule has 150 valence electrons. The third kappa shape index (κ3) is 5.85. The Morgan fingerprint density at radius 2 is 1.83 bits per heavy atom. The van der Waals surface area contributed by atoms with Crippen LogP contribution in [0.25, 0.3) is 11.3 Å². The summed E-state index contributed by atoms with van der Waals surface area (Å²) >= 11 is 7.51. The van der Waals surface area contributed by atoms with E-state index in [-0.39, 0.29) is 12.3 Å². The molecular weight excluding hydrogens is 408 g/mol. The second-order valence-corrected chi connectivity index (χ2v) is 7.73. The van der Waals surface area contributed by atoms with Crippen LogP contribution in [0.4, 0.5) is 4.79 Å². The van der Waals surface area contributed by atoms with Crippen LogP contribution in [0.1, 0.15) is 12.0 Å². The van der Waals surface area contributed by atoms with E-state index in [4.69, 9.17) is 11.6 Å². The predicted octanol–water partition coefficient (Wildman–Crippen LogP) is 4.19. The van der Waals surface area contributed by atoms with Crippen LogP contribution in [0.3, 0.4) is 0 Å². The maximum atomic E-state index is 11.8. The van der Waals surface area contributed by atoms with Gasteiger partial charge < -0.3 is 9.88 Å². The number of halogens is 1. The highest BCUT2D eigenvalue weighted by atomic mass is 35.5. The van der Waals surface area contributed by atoms with Crippen molar-refractivity contribution in [2.24, 2.45) is 0 Å². The van der Waals surface area contributed by atoms with Crippen LogP contribution in [0.2, 0.25) is 5.02 Å². The first-order valence-electron chi connectivity index (χ1n) is 9.06. The minimum absolute atomic E-state index is 0.215. The second-order valence-electron chi connectivity index (χ2n) is 6.23. The Bertz CT molecular complexity index is 974. The van der Waals surface area contributed by atoms with Gasteiger partial charge in [0.15, 0.2) is 5.16 Å². The smallest absolute Gasteiger partial charge is 0.321 e. The van der Waals surface area contributed by atoms with Crippen LogP contribution < -0.4 is 10.6 Å². The first kappa shape index (κ1) is 21.0. The molecule has 0 saturated carbocycles. The first-order chi connectivity index (χ1) is 14.1. The molecule has 0 aliphatic heterocycles. The van der Waals surface area contributed by atoms with Crippen molar-refractivity contribution in [1.29, 1.82) is 0 Å². The Morgan fingerprint density at radius 1 is 1.10 bits per heavy atom. The molecule has 3 amide bonds. The molecule has 8 heteroatoms. The summed E-state index contributed by atoms with van der Waals surface area (Å²) < 4.78 is 2.12. The molecule has 0 saturated heterocycles. The van der Waals surface area contributed by atoms with Gasteiger partial charge in [-0.15, -0.1) is 0 Å². The molecule has 1 aromatic heterocycles. The highest BCUT2D eigenvalue weighted by Crippen LogP contribution is 2.28. The van der Waals surface area contributed by atoms with E-state index in [0.29, 0.717) is 17.3 Å². The first-order valence-corrected chi connectivity index (χ1v) is 10.4. The lowest BCUT2D eigenvalue weighted by Gasteiger charge is -2.12. The predicted molar refractivity (Wildman–Crippen MR) is 116 cm³/mol. The zero-order chi connectivity index (χ0) is 20.6. The second kappa shape index (κ2) is 10.1. The number of carbonyl (C=O) groups is 2. The molecule has 3 aromatic rings. The van der Waals surface area contributed by atoms with Crippen molar-refractivity contribution in [1.82, 2.24) is 20.2 Å². The molecule has 0 radical (unpaired) electrons. The topological polar surface area (TPSA) is 76.0 Å². The summed E-state index contributed by atoms with van der Waals surface area (Å²) in [6.07, 6.45) is 2.05. The van der Waals surface area contributed by atoms with Crippen molar-refractivity contribution in [3.8, 4) is 11.3 Å². The Balaban J connectivity index is 1.78. The fourth-order valence-corrected chi connectivity index (χ4v) is 3.77. The van der Waals surface area contributed by atoms with Crippen LogP contribution >= 0.6 is 23.4 Å². The number of amides is 3. The molecule has 29 heavy (non-hydrogen) atoms. The highest BCUT2D eigenvalue weighted by Gasteiger charge is 2.14. The number of aromatic nitrogens is 2. The fourth-order valence-electron chi connectivity index (χ4n) is 2.73. The Morgan fingerprint density at radius 3 is 2.52 bits per heavy atom. The van der Waals surface area contributed by atoms with E-state index in [1.807, 2.05) is 48.7 Å². The lowest BCUT2D eigenvalue weighted by atomic mass is 10.1. The molecule has 0 unspecified atom stereocenters. The Kier molecular flexibility index (Phi) is 7.32. The van der Waals surface area contributed by atoms with E-state index >= 15 is 0 Å². The number of urea groups is 1. The van der Waals surface area contributed by atoms with Crippen molar-refractivity contribution < 1.29 is 9.59 Å². The summed E-state index contributed by atoms with van der Waals surface area (Å²) in [5.41, 5.74) is 3.14. The molecule has 0 aliphatic rings. The van der Waals surface area contributed by atoms with E-state index in [0.717, 1.165) is 22.0 Å². The van der Waals surface area contributed by atoms with Crippen LogP contribution in [-0.2, 0) is 11.3 Å². The fraction of sp³-hybridized carbons (Fsp3) is 0.190. The molecule has 0 aliphatic carbocycles. The molecule has 2 aromatic carbocycles. The standard InChI is InChI=1S/C21H21ClN4O2S/c1-23-20(28)25-19(27)11-12-29-21-24-13-18(16-7-9-17(22)10-8-16)26(21)14-15-5-3-2-4-6-15/h2-10,13H,11-12,14H2,1H3,(H2,23,25,27,28). The summed E-state index contributed by atoms with van der Waals surface area (Å²) in [6.45, 7) is 0.658. The van der Waals surface area contributed by atoms with Crippen molar-refractivity contribution in [2.45, 2.75) is 18.1 Å². The summed E-state index contributed by atoms with van der Waals surface area (Å²) in [5.74, 6) is 0.185. The number of imidazole rings is 1. The van der Waals surface area contributed by atoms with E-state index < -0.39 is 6.03 Å². The third-order valence-electron chi connectivity index (χ3n) is 4.18. The number of hydrogen-bond donors (Lipinski definition) is 2. The van der Waals surface area contributed by atoms with Crippen LogP contribution in [0.15, 0.2) is 66.0 Å². The van der Waals surface area contributed by atoms with E-state index in [1.165, 1.54) is 18.8 Å². The van der Waals surface area contributed by atoms with Gasteiger partial charge >= 0.3 is 6.03 Å². The lowest BCUT2D eigenvalue weighted by Crippen LogP contribution is -2.37. The van der Waals surface area contributed by atoms with Crippen LogP contribution in [-0.4, -0.2) is 34.3 Å². The molecule has 2 N–H and O–H groups in total. The van der Waals surface area contributed by atoms with Crippen molar-refractivity contribution in [3.05, 3.63) is 71.4 Å². The summed E-state index contributed by atoms with van der Waals surface area (Å²) in [4.78, 5) is 27.6. The van der Waals surface area contributed by atoms with Gasteiger partial charge in [-0.3, -0.25) is 10.1 Å². The number of nitrogens with one attached hydrogen (secondary N) is 2. The number of rotatable bonds is 7. The normalized spacial score (nSPS) is 10.6. The van der Waals surface area contributed by atoms with E-state index in [9.17, 15) is 9.59 Å². The van der Waals surface area contributed by atoms with Crippen LogP contribution in [0, 0.1) is 0 Å². The molecule has 6 nitrogen and oxygen atoms in total. The molecule has 0 atom stereocenters. The SMILES string of the molecule is CNC(=O)NC(=O)CCSc1ncc(-c2ccc(Cl)cc2)n1Cc1ccccc1. The highest BCUT2D eigenvalue weighted by molar-refractivity contribution is 7.99. The lowest BCUT2D eigenvalue weighted by molar-refractivity contribution is -0.119. The molecule has 0 bridgehead atoms. The largest absolute Gasteiger partial charge is 0.341 e. The minimum Gasteiger partial charge on any atom is -0.341 e. The van der Waals surface area contributed by atoms with Crippen molar-refractivity contribution in [3.63, 3.8) is 0 Å². The van der Waals surface area contributed by atoms with Gasteiger partial charge in [0.1, 0.15) is 0 Å². The number of carbonyl (C=O) groups excluding carboxylic acids is 2. The monoisotopic (exact) mass is 428 g/mol. The van der Waals surface area contributed by atoms with Gasteiger partial charge in [0, 0.05) is 24.2 Å². The average Bonchev–Trinajstić information content (AvgIpc) is 3.11. The van der Waals surface area contributed by atoms with Gasteiger partial charge in [-0.25, -0.2) is 9.78 Å². The van der Waals surface area contributed by atoms with Gasteiger partial charge in [-0.05, 0) is 23.3 Å².